The van der Waals surface area contributed by atoms with Crippen LogP contribution < -0.4 is 16.3 Å². The highest BCUT2D eigenvalue weighted by Gasteiger charge is 2.08. The molecule has 138 valence electrons. The van der Waals surface area contributed by atoms with Gasteiger partial charge in [0.15, 0.2) is 0 Å². The van der Waals surface area contributed by atoms with Gasteiger partial charge in [-0.25, -0.2) is 0 Å². The van der Waals surface area contributed by atoms with Crippen LogP contribution in [0.1, 0.15) is 19.8 Å². The van der Waals surface area contributed by atoms with Gasteiger partial charge in [-0.05, 0) is 30.7 Å². The molecule has 1 amide bonds. The maximum Gasteiger partial charge on any atom is 0.226 e. The Balaban J connectivity index is 1.43. The quantitative estimate of drug-likeness (QED) is 0.353. The van der Waals surface area contributed by atoms with Crippen LogP contribution in [0.3, 0.4) is 0 Å². The summed E-state index contributed by atoms with van der Waals surface area (Å²) in [4.78, 5) is 11.7. The largest absolute Gasteiger partial charge is 0.508 e. The zero-order chi connectivity index (χ0) is 17.9. The fourth-order valence-electron chi connectivity index (χ4n) is 2.11. The van der Waals surface area contributed by atoms with Crippen LogP contribution in [0.2, 0.25) is 0 Å². The van der Waals surface area contributed by atoms with Crippen molar-refractivity contribution >= 4 is 11.6 Å². The number of benzene rings is 1. The summed E-state index contributed by atoms with van der Waals surface area (Å²) < 4.78 is 10.9. The molecule has 0 radical (unpaired) electrons. The second kappa shape index (κ2) is 10.5. The van der Waals surface area contributed by atoms with Gasteiger partial charge in [0.2, 0.25) is 5.91 Å². The number of allylic oxidation sites excluding steroid dienone is 1. The van der Waals surface area contributed by atoms with Gasteiger partial charge in [-0.2, -0.15) is 0 Å². The number of carbonyl (C=O) groups excluding carboxylic acids is 1. The predicted octanol–water partition coefficient (Wildman–Crippen LogP) is 1.33. The molecule has 1 aromatic rings. The average Bonchev–Trinajstić information content (AvgIpc) is 3.07. The highest BCUT2D eigenvalue weighted by atomic mass is 16.5. The van der Waals surface area contributed by atoms with Crippen LogP contribution >= 0.6 is 0 Å². The molecule has 0 aliphatic carbocycles. The number of phenols is 1. The van der Waals surface area contributed by atoms with E-state index in [0.29, 0.717) is 32.1 Å². The van der Waals surface area contributed by atoms with Crippen LogP contribution in [0.15, 0.2) is 36.2 Å². The summed E-state index contributed by atoms with van der Waals surface area (Å²) in [6, 6.07) is 6.34. The van der Waals surface area contributed by atoms with Crippen molar-refractivity contribution < 1.29 is 19.4 Å². The topological polar surface area (TPSA) is 95.1 Å². The first-order valence-corrected chi connectivity index (χ1v) is 8.40. The third-order valence-electron chi connectivity index (χ3n) is 3.53. The molecule has 1 aromatic carbocycles. The van der Waals surface area contributed by atoms with Crippen molar-refractivity contribution in [2.45, 2.75) is 19.8 Å². The first-order valence-electron chi connectivity index (χ1n) is 8.40. The second-order valence-corrected chi connectivity index (χ2v) is 5.51. The number of nitrogens with zero attached hydrogens (tertiary/aromatic N) is 1. The lowest BCUT2D eigenvalue weighted by molar-refractivity contribution is -0.117. The Hall–Kier alpha value is -2.29. The van der Waals surface area contributed by atoms with E-state index >= 15 is 0 Å². The molecule has 0 atom stereocenters. The van der Waals surface area contributed by atoms with Crippen molar-refractivity contribution in [1.82, 2.24) is 16.0 Å². The molecule has 0 saturated heterocycles. The summed E-state index contributed by atoms with van der Waals surface area (Å²) in [6.07, 6.45) is 3.25. The van der Waals surface area contributed by atoms with Gasteiger partial charge in [-0.3, -0.25) is 9.80 Å². The molecule has 2 rings (SSSR count). The maximum atomic E-state index is 11.7. The molecule has 0 aromatic heterocycles. The van der Waals surface area contributed by atoms with Crippen molar-refractivity contribution in [2.24, 2.45) is 0 Å². The monoisotopic (exact) mass is 350 g/mol. The number of amides is 1. The van der Waals surface area contributed by atoms with E-state index in [4.69, 9.17) is 9.47 Å². The highest BCUT2D eigenvalue weighted by molar-refractivity contribution is 5.90. The summed E-state index contributed by atoms with van der Waals surface area (Å²) >= 11 is 0. The van der Waals surface area contributed by atoms with Crippen LogP contribution in [-0.2, 0) is 14.3 Å². The molecule has 0 fully saturated rings. The Labute approximate surface area is 147 Å². The molecule has 0 spiro atoms. The molecule has 8 heteroatoms. The number of phenolic OH excluding ortho intramolecular Hbond substituents is 1. The summed E-state index contributed by atoms with van der Waals surface area (Å²) in [6.45, 7) is 4.70. The van der Waals surface area contributed by atoms with Gasteiger partial charge in [-0.1, -0.05) is 6.92 Å². The van der Waals surface area contributed by atoms with E-state index in [9.17, 15) is 9.90 Å². The molecular weight excluding hydrogens is 324 g/mol. The first-order chi connectivity index (χ1) is 12.2. The Bertz CT molecular complexity index is 562. The number of anilines is 1. The normalized spacial score (nSPS) is 13.5. The first kappa shape index (κ1) is 19.0. The Morgan fingerprint density at radius 1 is 1.16 bits per heavy atom. The number of nitrogens with one attached hydrogen (secondary N) is 3. The number of hydrogen-bond donors (Lipinski definition) is 4. The van der Waals surface area contributed by atoms with Crippen molar-refractivity contribution in [1.29, 1.82) is 0 Å². The van der Waals surface area contributed by atoms with Gasteiger partial charge in [0.1, 0.15) is 5.75 Å². The summed E-state index contributed by atoms with van der Waals surface area (Å²) in [5.41, 5.74) is 7.88. The fourth-order valence-corrected chi connectivity index (χ4v) is 2.11. The molecule has 4 N–H and O–H groups in total. The zero-order valence-electron chi connectivity index (χ0n) is 14.5. The molecule has 0 unspecified atom stereocenters. The van der Waals surface area contributed by atoms with Gasteiger partial charge in [0.05, 0.1) is 39.4 Å². The number of hydrazine groups is 2. The van der Waals surface area contributed by atoms with Crippen molar-refractivity contribution in [3.63, 3.8) is 0 Å². The Kier molecular flexibility index (Phi) is 8.03. The van der Waals surface area contributed by atoms with E-state index in [1.54, 1.807) is 12.1 Å². The fraction of sp³-hybridized carbons (Fsp3) is 0.471. The van der Waals surface area contributed by atoms with Crippen LogP contribution in [0.25, 0.3) is 0 Å². The van der Waals surface area contributed by atoms with Gasteiger partial charge in [0, 0.05) is 17.6 Å². The Morgan fingerprint density at radius 3 is 2.56 bits per heavy atom. The van der Waals surface area contributed by atoms with Crippen molar-refractivity contribution in [3.05, 3.63) is 36.2 Å². The third-order valence-corrected chi connectivity index (χ3v) is 3.53. The number of rotatable bonds is 11. The van der Waals surface area contributed by atoms with E-state index in [1.807, 2.05) is 11.2 Å². The van der Waals surface area contributed by atoms with Crippen LogP contribution in [0, 0.1) is 0 Å². The molecule has 0 bridgehead atoms. The van der Waals surface area contributed by atoms with E-state index in [0.717, 1.165) is 18.7 Å². The molecule has 1 heterocycles. The van der Waals surface area contributed by atoms with Crippen LogP contribution in [0.5, 0.6) is 5.75 Å². The standard InChI is InChI=1S/C17H26N4O4/c1-2-14-13-21(20-19-14)8-10-25-12-11-24-9-7-17(23)18-15-3-5-16(22)6-4-15/h3-6,13,19-20,22H,2,7-12H2,1H3,(H,18,23). The van der Waals surface area contributed by atoms with Crippen molar-refractivity contribution in [3.8, 4) is 5.75 Å². The smallest absolute Gasteiger partial charge is 0.226 e. The molecule has 1 aliphatic rings. The highest BCUT2D eigenvalue weighted by Crippen LogP contribution is 2.13. The average molecular weight is 350 g/mol. The van der Waals surface area contributed by atoms with E-state index in [1.165, 1.54) is 12.1 Å². The van der Waals surface area contributed by atoms with Crippen LogP contribution in [0.4, 0.5) is 5.69 Å². The minimum Gasteiger partial charge on any atom is -0.508 e. The van der Waals surface area contributed by atoms with E-state index < -0.39 is 0 Å². The Morgan fingerprint density at radius 2 is 1.88 bits per heavy atom. The maximum absolute atomic E-state index is 11.7. The summed E-state index contributed by atoms with van der Waals surface area (Å²) in [5.74, 6) is 0.0395. The predicted molar refractivity (Wildman–Crippen MR) is 94.3 cm³/mol. The van der Waals surface area contributed by atoms with E-state index in [-0.39, 0.29) is 18.1 Å². The molecule has 1 aliphatic heterocycles. The van der Waals surface area contributed by atoms with Gasteiger partial charge in [0.25, 0.3) is 0 Å². The van der Waals surface area contributed by atoms with Crippen LogP contribution in [-0.4, -0.2) is 49.0 Å². The number of aromatic hydroxyl groups is 1. The molecule has 8 nitrogen and oxygen atoms in total. The summed E-state index contributed by atoms with van der Waals surface area (Å²) in [7, 11) is 0. The number of ether oxygens (including phenoxy) is 2. The summed E-state index contributed by atoms with van der Waals surface area (Å²) in [5, 5.41) is 13.9. The molecule has 25 heavy (non-hydrogen) atoms. The van der Waals surface area contributed by atoms with Gasteiger partial charge < -0.3 is 25.3 Å². The van der Waals surface area contributed by atoms with Gasteiger partial charge in [-0.15, -0.1) is 5.53 Å². The minimum atomic E-state index is -0.127. The molecular formula is C17H26N4O4. The lowest BCUT2D eigenvalue weighted by atomic mass is 10.3. The second-order valence-electron chi connectivity index (χ2n) is 5.51. The third kappa shape index (κ3) is 7.42. The molecule has 0 saturated carbocycles. The van der Waals surface area contributed by atoms with Gasteiger partial charge >= 0.3 is 0 Å². The SMILES string of the molecule is CCC1=CN(CCOCCOCCC(=O)Nc2ccc(O)cc2)NN1. The van der Waals surface area contributed by atoms with Crippen molar-refractivity contribution in [2.75, 3.05) is 38.3 Å². The number of carbonyl (C=O) groups is 1. The lowest BCUT2D eigenvalue weighted by Crippen LogP contribution is -2.38. The van der Waals surface area contributed by atoms with E-state index in [2.05, 4.69) is 23.2 Å². The minimum absolute atomic E-state index is 0.127. The number of hydrogen-bond acceptors (Lipinski definition) is 7. The zero-order valence-corrected chi connectivity index (χ0v) is 14.5. The lowest BCUT2D eigenvalue weighted by Gasteiger charge is -2.14.